The fourth-order valence-electron chi connectivity index (χ4n) is 3.72. The molecule has 0 atom stereocenters. The molecule has 0 unspecified atom stereocenters. The lowest BCUT2D eigenvalue weighted by molar-refractivity contribution is 0.0695. The lowest BCUT2D eigenvalue weighted by Gasteiger charge is -2.33. The summed E-state index contributed by atoms with van der Waals surface area (Å²) in [6, 6.07) is 10.9. The Morgan fingerprint density at radius 3 is 2.43 bits per heavy atom. The quantitative estimate of drug-likeness (QED) is 0.786. The van der Waals surface area contributed by atoms with Gasteiger partial charge >= 0.3 is 5.97 Å². The Kier molecular flexibility index (Phi) is 6.02. The van der Waals surface area contributed by atoms with E-state index in [0.717, 1.165) is 43.1 Å². The Labute approximate surface area is 166 Å². The lowest BCUT2D eigenvalue weighted by atomic mass is 9.97. The number of carbonyl (C=O) groups is 2. The number of hydrogen-bond acceptors (Lipinski definition) is 3. The van der Waals surface area contributed by atoms with Crippen molar-refractivity contribution < 1.29 is 14.7 Å². The molecule has 0 spiro atoms. The maximum atomic E-state index is 13.0. The highest BCUT2D eigenvalue weighted by molar-refractivity contribution is 6.08. The number of nitrogens with one attached hydrogen (secondary N) is 1. The van der Waals surface area contributed by atoms with Crippen molar-refractivity contribution in [1.82, 2.24) is 0 Å². The van der Waals surface area contributed by atoms with E-state index in [-0.39, 0.29) is 11.5 Å². The fourth-order valence-corrected chi connectivity index (χ4v) is 3.72. The molecule has 0 aromatic heterocycles. The van der Waals surface area contributed by atoms with Crippen LogP contribution in [-0.2, 0) is 6.42 Å². The normalized spacial score (nSPS) is 14.8. The first-order valence-electron chi connectivity index (χ1n) is 9.92. The van der Waals surface area contributed by atoms with Crippen LogP contribution in [0.4, 0.5) is 11.4 Å². The van der Waals surface area contributed by atoms with Crippen molar-refractivity contribution in [2.45, 2.75) is 40.0 Å². The van der Waals surface area contributed by atoms with Gasteiger partial charge in [-0.15, -0.1) is 0 Å². The van der Waals surface area contributed by atoms with E-state index in [4.69, 9.17) is 0 Å². The van der Waals surface area contributed by atoms with E-state index in [9.17, 15) is 14.7 Å². The highest BCUT2D eigenvalue weighted by atomic mass is 16.4. The van der Waals surface area contributed by atoms with E-state index >= 15 is 0 Å². The minimum absolute atomic E-state index is 0.168. The summed E-state index contributed by atoms with van der Waals surface area (Å²) in [4.78, 5) is 26.6. The standard InChI is InChI=1S/C23H28N2O3/c1-4-17-14-18(6-8-19(17)23(27)28)24-22(26)20-7-5-16(3)13-21(20)25-11-9-15(2)10-12-25/h5-8,13-15H,4,9-12H2,1-3H3,(H,24,26)(H,27,28). The molecule has 3 rings (SSSR count). The Morgan fingerprint density at radius 2 is 1.79 bits per heavy atom. The molecule has 148 valence electrons. The Morgan fingerprint density at radius 1 is 1.11 bits per heavy atom. The van der Waals surface area contributed by atoms with Crippen LogP contribution in [0.2, 0.25) is 0 Å². The van der Waals surface area contributed by atoms with Crippen LogP contribution in [0.1, 0.15) is 58.5 Å². The second-order valence-electron chi connectivity index (χ2n) is 7.67. The summed E-state index contributed by atoms with van der Waals surface area (Å²) in [5.41, 5.74) is 4.36. The molecular formula is C23H28N2O3. The highest BCUT2D eigenvalue weighted by Crippen LogP contribution is 2.28. The first-order chi connectivity index (χ1) is 13.4. The molecule has 2 aromatic carbocycles. The number of rotatable bonds is 5. The molecule has 0 saturated carbocycles. The van der Waals surface area contributed by atoms with Crippen molar-refractivity contribution in [3.8, 4) is 0 Å². The van der Waals surface area contributed by atoms with Gasteiger partial charge in [0.2, 0.25) is 0 Å². The molecule has 1 aliphatic heterocycles. The van der Waals surface area contributed by atoms with E-state index in [0.29, 0.717) is 23.2 Å². The molecule has 28 heavy (non-hydrogen) atoms. The summed E-state index contributed by atoms with van der Waals surface area (Å²) >= 11 is 0. The van der Waals surface area contributed by atoms with Gasteiger partial charge in [0, 0.05) is 24.5 Å². The van der Waals surface area contributed by atoms with Crippen molar-refractivity contribution >= 4 is 23.3 Å². The minimum Gasteiger partial charge on any atom is -0.478 e. The molecule has 2 aromatic rings. The van der Waals surface area contributed by atoms with Gasteiger partial charge in [0.1, 0.15) is 0 Å². The highest BCUT2D eigenvalue weighted by Gasteiger charge is 2.21. The number of hydrogen-bond donors (Lipinski definition) is 2. The summed E-state index contributed by atoms with van der Waals surface area (Å²) < 4.78 is 0. The number of piperidine rings is 1. The summed E-state index contributed by atoms with van der Waals surface area (Å²) in [6.07, 6.45) is 2.85. The number of benzene rings is 2. The van der Waals surface area contributed by atoms with E-state index in [1.54, 1.807) is 18.2 Å². The van der Waals surface area contributed by atoms with Crippen LogP contribution in [0.15, 0.2) is 36.4 Å². The van der Waals surface area contributed by atoms with E-state index in [2.05, 4.69) is 23.2 Å². The SMILES string of the molecule is CCc1cc(NC(=O)c2ccc(C)cc2N2CCC(C)CC2)ccc1C(=O)O. The maximum absolute atomic E-state index is 13.0. The number of carboxylic acids is 1. The molecule has 1 aliphatic rings. The van der Waals surface area contributed by atoms with Crippen LogP contribution in [0.3, 0.4) is 0 Å². The molecule has 1 amide bonds. The molecule has 0 radical (unpaired) electrons. The predicted molar refractivity (Wildman–Crippen MR) is 113 cm³/mol. The van der Waals surface area contributed by atoms with Crippen molar-refractivity contribution in [2.75, 3.05) is 23.3 Å². The molecule has 2 N–H and O–H groups in total. The van der Waals surface area contributed by atoms with Crippen LogP contribution in [0.5, 0.6) is 0 Å². The maximum Gasteiger partial charge on any atom is 0.335 e. The average molecular weight is 380 g/mol. The van der Waals surface area contributed by atoms with Crippen LogP contribution in [0.25, 0.3) is 0 Å². The summed E-state index contributed by atoms with van der Waals surface area (Å²) in [6.45, 7) is 8.13. The minimum atomic E-state index is -0.949. The number of amides is 1. The molecule has 1 saturated heterocycles. The van der Waals surface area contributed by atoms with Crippen molar-refractivity contribution in [2.24, 2.45) is 5.92 Å². The molecule has 1 fully saturated rings. The summed E-state index contributed by atoms with van der Waals surface area (Å²) in [5.74, 6) is -0.396. The number of carbonyl (C=O) groups excluding carboxylic acids is 1. The second-order valence-corrected chi connectivity index (χ2v) is 7.67. The molecule has 5 heteroatoms. The zero-order valence-corrected chi connectivity index (χ0v) is 16.8. The summed E-state index contributed by atoms with van der Waals surface area (Å²) in [7, 11) is 0. The van der Waals surface area contributed by atoms with Gasteiger partial charge in [-0.3, -0.25) is 4.79 Å². The molecule has 5 nitrogen and oxygen atoms in total. The second kappa shape index (κ2) is 8.46. The van der Waals surface area contributed by atoms with Gasteiger partial charge in [-0.25, -0.2) is 4.79 Å². The third-order valence-electron chi connectivity index (χ3n) is 5.50. The van der Waals surface area contributed by atoms with Crippen molar-refractivity contribution in [1.29, 1.82) is 0 Å². The van der Waals surface area contributed by atoms with Crippen LogP contribution >= 0.6 is 0 Å². The largest absolute Gasteiger partial charge is 0.478 e. The third kappa shape index (κ3) is 4.35. The molecule has 0 bridgehead atoms. The fraction of sp³-hybridized carbons (Fsp3) is 0.391. The van der Waals surface area contributed by atoms with Crippen molar-refractivity contribution in [3.63, 3.8) is 0 Å². The topological polar surface area (TPSA) is 69.6 Å². The molecular weight excluding hydrogens is 352 g/mol. The molecule has 1 heterocycles. The Balaban J connectivity index is 1.86. The summed E-state index contributed by atoms with van der Waals surface area (Å²) in [5, 5.41) is 12.2. The molecule has 0 aliphatic carbocycles. The first-order valence-corrected chi connectivity index (χ1v) is 9.92. The smallest absolute Gasteiger partial charge is 0.335 e. The van der Waals surface area contributed by atoms with E-state index in [1.165, 1.54) is 0 Å². The number of aryl methyl sites for hydroxylation is 2. The Hall–Kier alpha value is -2.82. The van der Waals surface area contributed by atoms with Gasteiger partial charge < -0.3 is 15.3 Å². The number of anilines is 2. The third-order valence-corrected chi connectivity index (χ3v) is 5.50. The Bertz CT molecular complexity index is 883. The number of aromatic carboxylic acids is 1. The van der Waals surface area contributed by atoms with Crippen LogP contribution in [0, 0.1) is 12.8 Å². The zero-order valence-electron chi connectivity index (χ0n) is 16.8. The number of nitrogens with zero attached hydrogens (tertiary/aromatic N) is 1. The van der Waals surface area contributed by atoms with E-state index in [1.807, 2.05) is 26.0 Å². The van der Waals surface area contributed by atoms with Gasteiger partial charge in [-0.1, -0.05) is 19.9 Å². The van der Waals surface area contributed by atoms with Crippen LogP contribution in [-0.4, -0.2) is 30.1 Å². The van der Waals surface area contributed by atoms with Crippen molar-refractivity contribution in [3.05, 3.63) is 58.7 Å². The van der Waals surface area contributed by atoms with E-state index < -0.39 is 5.97 Å². The lowest BCUT2D eigenvalue weighted by Crippen LogP contribution is -2.34. The van der Waals surface area contributed by atoms with Gasteiger partial charge in [0.25, 0.3) is 5.91 Å². The number of carboxylic acid groups (broad SMARTS) is 1. The average Bonchev–Trinajstić information content (AvgIpc) is 2.68. The predicted octanol–water partition coefficient (Wildman–Crippen LogP) is 4.74. The van der Waals surface area contributed by atoms with Gasteiger partial charge in [-0.2, -0.15) is 0 Å². The van der Waals surface area contributed by atoms with Gasteiger partial charge in [0.15, 0.2) is 0 Å². The monoisotopic (exact) mass is 380 g/mol. The van der Waals surface area contributed by atoms with Crippen LogP contribution < -0.4 is 10.2 Å². The van der Waals surface area contributed by atoms with Gasteiger partial charge in [0.05, 0.1) is 11.1 Å². The van der Waals surface area contributed by atoms with Gasteiger partial charge in [-0.05, 0) is 73.6 Å². The first kappa shape index (κ1) is 19.9. The zero-order chi connectivity index (χ0) is 20.3.